The van der Waals surface area contributed by atoms with Gasteiger partial charge < -0.3 is 15.0 Å². The average molecular weight is 443 g/mol. The molecule has 1 atom stereocenters. The monoisotopic (exact) mass is 443 g/mol. The van der Waals surface area contributed by atoms with Crippen molar-refractivity contribution in [3.8, 4) is 0 Å². The largest absolute Gasteiger partial charge is 0.381 e. The summed E-state index contributed by atoms with van der Waals surface area (Å²) in [5.41, 5.74) is 1.87. The lowest BCUT2D eigenvalue weighted by Crippen LogP contribution is -2.43. The third-order valence-corrected chi connectivity index (χ3v) is 5.13. The van der Waals surface area contributed by atoms with Crippen molar-refractivity contribution in [2.45, 2.75) is 25.7 Å². The summed E-state index contributed by atoms with van der Waals surface area (Å²) in [6.07, 6.45) is 4.95. The van der Waals surface area contributed by atoms with Crippen LogP contribution in [0.5, 0.6) is 0 Å². The Labute approximate surface area is 163 Å². The summed E-state index contributed by atoms with van der Waals surface area (Å²) in [5.74, 6) is 1.65. The molecule has 1 aromatic carbocycles. The van der Waals surface area contributed by atoms with E-state index in [0.29, 0.717) is 11.3 Å². The zero-order valence-corrected chi connectivity index (χ0v) is 17.2. The zero-order chi connectivity index (χ0) is 16.1. The summed E-state index contributed by atoms with van der Waals surface area (Å²) < 4.78 is 5.48. The summed E-state index contributed by atoms with van der Waals surface area (Å²) >= 11 is 0. The summed E-state index contributed by atoms with van der Waals surface area (Å²) in [5, 5.41) is 3.60. The fraction of sp³-hybridized carbons (Fsp3) is 0.632. The van der Waals surface area contributed by atoms with Gasteiger partial charge in [-0.15, -0.1) is 24.0 Å². The molecular formula is C19H30IN3O. The third kappa shape index (κ3) is 5.34. The van der Waals surface area contributed by atoms with Gasteiger partial charge in [0, 0.05) is 39.7 Å². The van der Waals surface area contributed by atoms with E-state index in [9.17, 15) is 0 Å². The van der Waals surface area contributed by atoms with E-state index in [-0.39, 0.29) is 24.0 Å². The van der Waals surface area contributed by atoms with E-state index in [2.05, 4.69) is 52.6 Å². The van der Waals surface area contributed by atoms with E-state index in [4.69, 9.17) is 4.74 Å². The molecule has 1 aliphatic heterocycles. The highest BCUT2D eigenvalue weighted by atomic mass is 127. The zero-order valence-electron chi connectivity index (χ0n) is 14.8. The molecule has 24 heavy (non-hydrogen) atoms. The number of hydrogen-bond donors (Lipinski definition) is 1. The van der Waals surface area contributed by atoms with Crippen LogP contribution in [0.15, 0.2) is 35.3 Å². The third-order valence-electron chi connectivity index (χ3n) is 5.13. The normalized spacial score (nSPS) is 21.9. The lowest BCUT2D eigenvalue weighted by molar-refractivity contribution is 0.181. The number of ether oxygens (including phenoxy) is 1. The number of nitrogens with one attached hydrogen (secondary N) is 1. The minimum atomic E-state index is 0. The number of nitrogens with zero attached hydrogens (tertiary/aromatic N) is 2. The van der Waals surface area contributed by atoms with E-state index in [0.717, 1.165) is 38.7 Å². The van der Waals surface area contributed by atoms with Crippen molar-refractivity contribution in [3.05, 3.63) is 35.9 Å². The van der Waals surface area contributed by atoms with Gasteiger partial charge in [-0.05, 0) is 36.7 Å². The van der Waals surface area contributed by atoms with E-state index in [1.165, 1.54) is 24.8 Å². The molecule has 0 spiro atoms. The molecule has 1 heterocycles. The molecule has 1 saturated heterocycles. The molecule has 0 bridgehead atoms. The maximum absolute atomic E-state index is 5.48. The Morgan fingerprint density at radius 2 is 2.08 bits per heavy atom. The summed E-state index contributed by atoms with van der Waals surface area (Å²) in [6.45, 7) is 3.83. The van der Waals surface area contributed by atoms with E-state index >= 15 is 0 Å². The van der Waals surface area contributed by atoms with Crippen LogP contribution in [0.25, 0.3) is 0 Å². The van der Waals surface area contributed by atoms with Gasteiger partial charge in [0.2, 0.25) is 0 Å². The standard InChI is InChI=1S/C19H29N3O.HI/c1-20-18(22(2)13-17-8-11-23-14-17)21-15-19(9-10-19)12-16-6-4-3-5-7-16;/h3-7,17H,8-15H2,1-2H3,(H,20,21);1H. The van der Waals surface area contributed by atoms with Gasteiger partial charge in [-0.1, -0.05) is 30.3 Å². The number of aliphatic imine (C=N–C) groups is 1. The number of guanidine groups is 1. The number of hydrogen-bond acceptors (Lipinski definition) is 2. The van der Waals surface area contributed by atoms with Gasteiger partial charge in [-0.2, -0.15) is 0 Å². The van der Waals surface area contributed by atoms with E-state index in [1.807, 2.05) is 7.05 Å². The molecule has 2 fully saturated rings. The number of benzene rings is 1. The van der Waals surface area contributed by atoms with Crippen molar-refractivity contribution in [2.24, 2.45) is 16.3 Å². The van der Waals surface area contributed by atoms with Gasteiger partial charge in [-0.3, -0.25) is 4.99 Å². The topological polar surface area (TPSA) is 36.9 Å². The molecule has 2 aliphatic rings. The smallest absolute Gasteiger partial charge is 0.193 e. The molecule has 1 aliphatic carbocycles. The van der Waals surface area contributed by atoms with Gasteiger partial charge in [0.05, 0.1) is 6.61 Å². The maximum Gasteiger partial charge on any atom is 0.193 e. The van der Waals surface area contributed by atoms with Crippen molar-refractivity contribution in [3.63, 3.8) is 0 Å². The van der Waals surface area contributed by atoms with Crippen LogP contribution in [-0.2, 0) is 11.2 Å². The van der Waals surface area contributed by atoms with E-state index in [1.54, 1.807) is 0 Å². The van der Waals surface area contributed by atoms with E-state index < -0.39 is 0 Å². The van der Waals surface area contributed by atoms with Gasteiger partial charge in [0.1, 0.15) is 0 Å². The van der Waals surface area contributed by atoms with Crippen LogP contribution in [0.4, 0.5) is 0 Å². The van der Waals surface area contributed by atoms with Gasteiger partial charge in [0.25, 0.3) is 0 Å². The fourth-order valence-electron chi connectivity index (χ4n) is 3.47. The maximum atomic E-state index is 5.48. The van der Waals surface area contributed by atoms with Crippen LogP contribution in [-0.4, -0.2) is 51.3 Å². The van der Waals surface area contributed by atoms with Gasteiger partial charge in [0.15, 0.2) is 5.96 Å². The molecule has 4 nitrogen and oxygen atoms in total. The minimum Gasteiger partial charge on any atom is -0.381 e. The molecule has 0 radical (unpaired) electrons. The molecule has 1 unspecified atom stereocenters. The fourth-order valence-corrected chi connectivity index (χ4v) is 3.47. The molecule has 1 saturated carbocycles. The predicted octanol–water partition coefficient (Wildman–Crippen LogP) is 3.17. The number of rotatable bonds is 6. The lowest BCUT2D eigenvalue weighted by Gasteiger charge is -2.26. The van der Waals surface area contributed by atoms with Crippen LogP contribution in [0.3, 0.4) is 0 Å². The van der Waals surface area contributed by atoms with Crippen LogP contribution in [0.2, 0.25) is 0 Å². The van der Waals surface area contributed by atoms with Crippen molar-refractivity contribution in [1.29, 1.82) is 0 Å². The molecule has 134 valence electrons. The Morgan fingerprint density at radius 3 is 2.67 bits per heavy atom. The van der Waals surface area contributed by atoms with Crippen molar-refractivity contribution in [2.75, 3.05) is 40.4 Å². The van der Waals surface area contributed by atoms with Crippen LogP contribution < -0.4 is 5.32 Å². The Morgan fingerprint density at radius 1 is 1.33 bits per heavy atom. The predicted molar refractivity (Wildman–Crippen MR) is 110 cm³/mol. The van der Waals surface area contributed by atoms with Crippen LogP contribution >= 0.6 is 24.0 Å². The molecule has 1 N–H and O–H groups in total. The average Bonchev–Trinajstić information content (AvgIpc) is 3.12. The summed E-state index contributed by atoms with van der Waals surface area (Å²) in [6, 6.07) is 10.8. The SMILES string of the molecule is CN=C(NCC1(Cc2ccccc2)CC1)N(C)CC1CCOC1.I. The first-order valence-electron chi connectivity index (χ1n) is 8.74. The van der Waals surface area contributed by atoms with Crippen LogP contribution in [0.1, 0.15) is 24.8 Å². The quantitative estimate of drug-likeness (QED) is 0.417. The molecule has 1 aromatic rings. The molecule has 3 rings (SSSR count). The molecule has 0 amide bonds. The Balaban J connectivity index is 0.00000208. The second kappa shape index (κ2) is 9.04. The second-order valence-corrected chi connectivity index (χ2v) is 7.17. The minimum absolute atomic E-state index is 0. The van der Waals surface area contributed by atoms with Crippen molar-refractivity contribution < 1.29 is 4.74 Å². The highest BCUT2D eigenvalue weighted by Crippen LogP contribution is 2.47. The highest BCUT2D eigenvalue weighted by Gasteiger charge is 2.42. The first-order valence-corrected chi connectivity index (χ1v) is 8.74. The Hall–Kier alpha value is -0.820. The first kappa shape index (κ1) is 19.5. The molecule has 0 aromatic heterocycles. The Kier molecular flexibility index (Phi) is 7.34. The second-order valence-electron chi connectivity index (χ2n) is 7.17. The lowest BCUT2D eigenvalue weighted by atomic mass is 9.96. The van der Waals surface area contributed by atoms with Crippen molar-refractivity contribution >= 4 is 29.9 Å². The van der Waals surface area contributed by atoms with Gasteiger partial charge >= 0.3 is 0 Å². The van der Waals surface area contributed by atoms with Crippen molar-refractivity contribution in [1.82, 2.24) is 10.2 Å². The molecular weight excluding hydrogens is 413 g/mol. The molecule has 5 heteroatoms. The highest BCUT2D eigenvalue weighted by molar-refractivity contribution is 14.0. The summed E-state index contributed by atoms with van der Waals surface area (Å²) in [4.78, 5) is 6.71. The Bertz CT molecular complexity index is 525. The van der Waals surface area contributed by atoms with Gasteiger partial charge in [-0.25, -0.2) is 0 Å². The number of halogens is 1. The van der Waals surface area contributed by atoms with Crippen LogP contribution in [0, 0.1) is 11.3 Å². The summed E-state index contributed by atoms with van der Waals surface area (Å²) in [7, 11) is 4.01. The first-order chi connectivity index (χ1) is 11.2.